The molecule has 3 nitrogen and oxygen atoms in total. The molecule has 0 aliphatic carbocycles. The minimum atomic E-state index is -3.91. The lowest BCUT2D eigenvalue weighted by Crippen LogP contribution is -2.04. The predicted octanol–water partition coefficient (Wildman–Crippen LogP) is 1.98. The molecule has 0 saturated carbocycles. The Labute approximate surface area is 83.8 Å². The van der Waals surface area contributed by atoms with Crippen LogP contribution in [0.25, 0.3) is 6.08 Å². The van der Waals surface area contributed by atoms with E-state index >= 15 is 0 Å². The lowest BCUT2D eigenvalue weighted by molar-refractivity contribution is 0.486. The molecule has 0 aromatic heterocycles. The standard InChI is InChI=1S/C10H12O3S/c1-9(8-14(11,12)13)7-10-5-3-2-4-6-10/h2-7H,8H2,1H3,(H,11,12,13)/b9-7-. The van der Waals surface area contributed by atoms with Gasteiger partial charge in [-0.3, -0.25) is 4.55 Å². The fraction of sp³-hybridized carbons (Fsp3) is 0.200. The topological polar surface area (TPSA) is 54.4 Å². The highest BCUT2D eigenvalue weighted by Gasteiger charge is 2.04. The Balaban J connectivity index is 2.80. The summed E-state index contributed by atoms with van der Waals surface area (Å²) in [5.41, 5.74) is 1.53. The summed E-state index contributed by atoms with van der Waals surface area (Å²) >= 11 is 0. The van der Waals surface area contributed by atoms with Gasteiger partial charge in [0, 0.05) is 0 Å². The largest absolute Gasteiger partial charge is 0.285 e. The van der Waals surface area contributed by atoms with E-state index in [4.69, 9.17) is 4.55 Å². The molecule has 0 unspecified atom stereocenters. The molecule has 4 heteroatoms. The number of benzene rings is 1. The maximum Gasteiger partial charge on any atom is 0.268 e. The highest BCUT2D eigenvalue weighted by molar-refractivity contribution is 7.86. The molecule has 0 bridgehead atoms. The van der Waals surface area contributed by atoms with Gasteiger partial charge in [0.25, 0.3) is 10.1 Å². The fourth-order valence-corrected chi connectivity index (χ4v) is 1.82. The van der Waals surface area contributed by atoms with Gasteiger partial charge in [-0.1, -0.05) is 42.0 Å². The lowest BCUT2D eigenvalue weighted by atomic mass is 10.1. The monoisotopic (exact) mass is 212 g/mol. The van der Waals surface area contributed by atoms with Crippen LogP contribution in [0.5, 0.6) is 0 Å². The average Bonchev–Trinajstić information content (AvgIpc) is 2.02. The lowest BCUT2D eigenvalue weighted by Gasteiger charge is -1.98. The predicted molar refractivity (Wildman–Crippen MR) is 56.5 cm³/mol. The zero-order valence-electron chi connectivity index (χ0n) is 7.84. The summed E-state index contributed by atoms with van der Waals surface area (Å²) in [5, 5.41) is 0. The summed E-state index contributed by atoms with van der Waals surface area (Å²) in [6, 6.07) is 9.36. The van der Waals surface area contributed by atoms with Crippen molar-refractivity contribution in [2.75, 3.05) is 5.75 Å². The van der Waals surface area contributed by atoms with Gasteiger partial charge in [-0.15, -0.1) is 0 Å². The van der Waals surface area contributed by atoms with Crippen molar-refractivity contribution in [3.8, 4) is 0 Å². The number of hydrogen-bond acceptors (Lipinski definition) is 2. The van der Waals surface area contributed by atoms with Crippen LogP contribution in [0.1, 0.15) is 12.5 Å². The maximum atomic E-state index is 10.5. The van der Waals surface area contributed by atoms with Crippen molar-refractivity contribution >= 4 is 16.2 Å². The molecule has 1 N–H and O–H groups in total. The van der Waals surface area contributed by atoms with Crippen molar-refractivity contribution < 1.29 is 13.0 Å². The normalized spacial score (nSPS) is 12.9. The second kappa shape index (κ2) is 4.39. The zero-order valence-corrected chi connectivity index (χ0v) is 8.66. The van der Waals surface area contributed by atoms with Crippen LogP contribution in [0.4, 0.5) is 0 Å². The SMILES string of the molecule is C/C(=C/c1ccccc1)CS(=O)(=O)O. The summed E-state index contributed by atoms with van der Waals surface area (Å²) < 4.78 is 29.7. The van der Waals surface area contributed by atoms with E-state index in [9.17, 15) is 8.42 Å². The molecule has 0 radical (unpaired) electrons. The first kappa shape index (κ1) is 10.9. The summed E-state index contributed by atoms with van der Waals surface area (Å²) in [6.45, 7) is 1.67. The molecule has 76 valence electrons. The van der Waals surface area contributed by atoms with Gasteiger partial charge in [-0.25, -0.2) is 0 Å². The van der Waals surface area contributed by atoms with Crippen molar-refractivity contribution in [3.63, 3.8) is 0 Å². The van der Waals surface area contributed by atoms with Crippen LogP contribution >= 0.6 is 0 Å². The number of hydrogen-bond donors (Lipinski definition) is 1. The van der Waals surface area contributed by atoms with Crippen molar-refractivity contribution in [3.05, 3.63) is 41.5 Å². The maximum absolute atomic E-state index is 10.5. The van der Waals surface area contributed by atoms with E-state index in [1.807, 2.05) is 30.3 Å². The smallest absolute Gasteiger partial charge is 0.268 e. The van der Waals surface area contributed by atoms with Crippen molar-refractivity contribution in [2.24, 2.45) is 0 Å². The Morgan fingerprint density at radius 2 is 1.93 bits per heavy atom. The number of rotatable bonds is 3. The molecule has 0 spiro atoms. The molecule has 0 aliphatic heterocycles. The first-order chi connectivity index (χ1) is 6.47. The van der Waals surface area contributed by atoms with Gasteiger partial charge >= 0.3 is 0 Å². The van der Waals surface area contributed by atoms with Gasteiger partial charge in [-0.05, 0) is 12.5 Å². The van der Waals surface area contributed by atoms with Gasteiger partial charge in [0.05, 0.1) is 5.75 Å². The molecule has 0 amide bonds. The Morgan fingerprint density at radius 3 is 2.43 bits per heavy atom. The van der Waals surface area contributed by atoms with E-state index in [-0.39, 0.29) is 5.75 Å². The zero-order chi connectivity index (χ0) is 10.6. The second-order valence-electron chi connectivity index (χ2n) is 3.13. The quantitative estimate of drug-likeness (QED) is 0.779. The van der Waals surface area contributed by atoms with E-state index in [2.05, 4.69) is 0 Å². The highest BCUT2D eigenvalue weighted by Crippen LogP contribution is 2.07. The highest BCUT2D eigenvalue weighted by atomic mass is 32.2. The average molecular weight is 212 g/mol. The van der Waals surface area contributed by atoms with Crippen LogP contribution in [0, 0.1) is 0 Å². The molecular weight excluding hydrogens is 200 g/mol. The Hall–Kier alpha value is -1.13. The Bertz CT molecular complexity index is 418. The summed E-state index contributed by atoms with van der Waals surface area (Å²) in [6.07, 6.45) is 1.73. The Morgan fingerprint density at radius 1 is 1.36 bits per heavy atom. The van der Waals surface area contributed by atoms with E-state index in [0.717, 1.165) is 5.56 Å². The fourth-order valence-electron chi connectivity index (χ4n) is 1.16. The van der Waals surface area contributed by atoms with E-state index < -0.39 is 10.1 Å². The van der Waals surface area contributed by atoms with Crippen LogP contribution in [0.2, 0.25) is 0 Å². The molecule has 0 fully saturated rings. The summed E-state index contributed by atoms with van der Waals surface area (Å²) in [4.78, 5) is 0. The van der Waals surface area contributed by atoms with Gasteiger partial charge < -0.3 is 0 Å². The van der Waals surface area contributed by atoms with Gasteiger partial charge in [-0.2, -0.15) is 8.42 Å². The minimum absolute atomic E-state index is 0.318. The van der Waals surface area contributed by atoms with Crippen LogP contribution in [-0.4, -0.2) is 18.7 Å². The van der Waals surface area contributed by atoms with Crippen LogP contribution < -0.4 is 0 Å². The van der Waals surface area contributed by atoms with Crippen molar-refractivity contribution in [1.29, 1.82) is 0 Å². The molecular formula is C10H12O3S. The van der Waals surface area contributed by atoms with Crippen molar-refractivity contribution in [2.45, 2.75) is 6.92 Å². The molecule has 1 rings (SSSR count). The molecule has 0 heterocycles. The third-order valence-electron chi connectivity index (χ3n) is 1.62. The van der Waals surface area contributed by atoms with Crippen LogP contribution in [0.15, 0.2) is 35.9 Å². The van der Waals surface area contributed by atoms with Crippen LogP contribution in [-0.2, 0) is 10.1 Å². The molecule has 1 aromatic rings. The summed E-state index contributed by atoms with van der Waals surface area (Å²) in [5.74, 6) is -0.318. The summed E-state index contributed by atoms with van der Waals surface area (Å²) in [7, 11) is -3.91. The van der Waals surface area contributed by atoms with Gasteiger partial charge in [0.1, 0.15) is 0 Å². The Kier molecular flexibility index (Phi) is 3.43. The second-order valence-corrected chi connectivity index (χ2v) is 4.58. The minimum Gasteiger partial charge on any atom is -0.285 e. The molecule has 1 aromatic carbocycles. The van der Waals surface area contributed by atoms with Gasteiger partial charge in [0.2, 0.25) is 0 Å². The molecule has 14 heavy (non-hydrogen) atoms. The molecule has 0 atom stereocenters. The molecule has 0 saturated heterocycles. The third-order valence-corrected chi connectivity index (χ3v) is 2.44. The first-order valence-corrected chi connectivity index (χ1v) is 5.76. The van der Waals surface area contributed by atoms with Crippen LogP contribution in [0.3, 0.4) is 0 Å². The van der Waals surface area contributed by atoms with Crippen molar-refractivity contribution in [1.82, 2.24) is 0 Å². The van der Waals surface area contributed by atoms with Gasteiger partial charge in [0.15, 0.2) is 0 Å². The van der Waals surface area contributed by atoms with E-state index in [1.54, 1.807) is 13.0 Å². The molecule has 0 aliphatic rings. The van der Waals surface area contributed by atoms with E-state index in [0.29, 0.717) is 5.57 Å². The third kappa shape index (κ3) is 4.20. The van der Waals surface area contributed by atoms with E-state index in [1.165, 1.54) is 0 Å². The first-order valence-electron chi connectivity index (χ1n) is 4.15.